The number of alkyl halides is 2. The third-order valence-electron chi connectivity index (χ3n) is 2.09. The number of anilines is 1. The maximum atomic E-state index is 11.8. The van der Waals surface area contributed by atoms with E-state index in [0.29, 0.717) is 18.3 Å². The number of rotatable bonds is 7. The van der Waals surface area contributed by atoms with Gasteiger partial charge in [0.25, 0.3) is 6.43 Å². The third kappa shape index (κ3) is 3.97. The van der Waals surface area contributed by atoms with Crippen molar-refractivity contribution < 1.29 is 13.5 Å². The van der Waals surface area contributed by atoms with Crippen LogP contribution in [0.3, 0.4) is 0 Å². The van der Waals surface area contributed by atoms with Crippen LogP contribution in [0.15, 0.2) is 0 Å². The van der Waals surface area contributed by atoms with Crippen molar-refractivity contribution in [1.29, 1.82) is 0 Å². The van der Waals surface area contributed by atoms with Crippen molar-refractivity contribution in [2.45, 2.75) is 31.7 Å². The molecule has 0 bridgehead atoms. The molecule has 1 aliphatic carbocycles. The van der Waals surface area contributed by atoms with Crippen LogP contribution in [0.1, 0.15) is 18.7 Å². The van der Waals surface area contributed by atoms with Crippen LogP contribution in [0.4, 0.5) is 13.9 Å². The molecule has 1 aliphatic rings. The SMILES string of the molecule is FC(F)COCCc1nsc(NC2CC2)n1. The minimum atomic E-state index is -2.41. The van der Waals surface area contributed by atoms with Crippen LogP contribution in [-0.4, -0.2) is 35.0 Å². The lowest BCUT2D eigenvalue weighted by Gasteiger charge is -2.00. The zero-order valence-corrected chi connectivity index (χ0v) is 9.47. The maximum Gasteiger partial charge on any atom is 0.261 e. The van der Waals surface area contributed by atoms with E-state index < -0.39 is 13.0 Å². The van der Waals surface area contributed by atoms with Crippen LogP contribution in [0.25, 0.3) is 0 Å². The average molecular weight is 249 g/mol. The molecular formula is C9H13F2N3OS. The molecule has 4 nitrogen and oxygen atoms in total. The predicted molar refractivity (Wildman–Crippen MR) is 57.1 cm³/mol. The lowest BCUT2D eigenvalue weighted by atomic mass is 10.4. The highest BCUT2D eigenvalue weighted by Gasteiger charge is 2.22. The molecule has 7 heteroatoms. The maximum absolute atomic E-state index is 11.8. The topological polar surface area (TPSA) is 47.0 Å². The molecule has 0 saturated heterocycles. The first-order valence-electron chi connectivity index (χ1n) is 5.19. The molecule has 0 aromatic carbocycles. The van der Waals surface area contributed by atoms with Crippen molar-refractivity contribution in [1.82, 2.24) is 9.36 Å². The van der Waals surface area contributed by atoms with Crippen LogP contribution in [0.5, 0.6) is 0 Å². The van der Waals surface area contributed by atoms with Crippen molar-refractivity contribution in [2.24, 2.45) is 0 Å². The molecule has 0 aliphatic heterocycles. The number of ether oxygens (including phenoxy) is 1. The Balaban J connectivity index is 1.66. The van der Waals surface area contributed by atoms with Gasteiger partial charge in [-0.25, -0.2) is 13.8 Å². The van der Waals surface area contributed by atoms with Gasteiger partial charge in [-0.05, 0) is 12.8 Å². The van der Waals surface area contributed by atoms with Gasteiger partial charge in [0, 0.05) is 24.0 Å². The quantitative estimate of drug-likeness (QED) is 0.750. The summed E-state index contributed by atoms with van der Waals surface area (Å²) in [7, 11) is 0. The van der Waals surface area contributed by atoms with Crippen molar-refractivity contribution in [3.8, 4) is 0 Å². The number of hydrogen-bond acceptors (Lipinski definition) is 5. The summed E-state index contributed by atoms with van der Waals surface area (Å²) in [6, 6.07) is 0.552. The molecule has 0 atom stereocenters. The Labute approximate surface area is 96.2 Å². The van der Waals surface area contributed by atoms with Crippen LogP contribution in [-0.2, 0) is 11.2 Å². The second kappa shape index (κ2) is 5.49. The Morgan fingerprint density at radius 2 is 2.31 bits per heavy atom. The Hall–Kier alpha value is -0.820. The van der Waals surface area contributed by atoms with Gasteiger partial charge in [0.05, 0.1) is 6.61 Å². The fraction of sp³-hybridized carbons (Fsp3) is 0.778. The summed E-state index contributed by atoms with van der Waals surface area (Å²) in [6.45, 7) is -0.277. The molecule has 16 heavy (non-hydrogen) atoms. The van der Waals surface area contributed by atoms with Crippen molar-refractivity contribution >= 4 is 16.7 Å². The second-order valence-corrected chi connectivity index (χ2v) is 4.40. The molecule has 2 rings (SSSR count). The molecule has 1 saturated carbocycles. The van der Waals surface area contributed by atoms with Gasteiger partial charge in [-0.2, -0.15) is 4.37 Å². The molecule has 0 unspecified atom stereocenters. The fourth-order valence-corrected chi connectivity index (χ4v) is 1.84. The fourth-order valence-electron chi connectivity index (χ4n) is 1.15. The minimum absolute atomic E-state index is 0.240. The summed E-state index contributed by atoms with van der Waals surface area (Å²) in [5.41, 5.74) is 0. The van der Waals surface area contributed by atoms with E-state index in [2.05, 4.69) is 14.7 Å². The molecule has 1 fully saturated rings. The standard InChI is InChI=1S/C9H13F2N3OS/c10-7(11)5-15-4-3-8-13-9(16-14-8)12-6-1-2-6/h6-7H,1-5H2,(H,12,13,14). The van der Waals surface area contributed by atoms with E-state index in [1.165, 1.54) is 24.4 Å². The number of halogens is 2. The van der Waals surface area contributed by atoms with E-state index >= 15 is 0 Å². The van der Waals surface area contributed by atoms with Gasteiger partial charge in [0.2, 0.25) is 5.13 Å². The first-order valence-corrected chi connectivity index (χ1v) is 5.96. The van der Waals surface area contributed by atoms with E-state index in [-0.39, 0.29) is 6.61 Å². The van der Waals surface area contributed by atoms with Crippen molar-refractivity contribution in [3.63, 3.8) is 0 Å². The summed E-state index contributed by atoms with van der Waals surface area (Å²) in [6.07, 6.45) is 0.449. The lowest BCUT2D eigenvalue weighted by molar-refractivity contribution is 0.0183. The molecule has 90 valence electrons. The number of nitrogens with one attached hydrogen (secondary N) is 1. The largest absolute Gasteiger partial charge is 0.375 e. The van der Waals surface area contributed by atoms with Gasteiger partial charge in [0.1, 0.15) is 12.4 Å². The average Bonchev–Trinajstić information content (AvgIpc) is 2.92. The lowest BCUT2D eigenvalue weighted by Crippen LogP contribution is -2.07. The highest BCUT2D eigenvalue weighted by molar-refractivity contribution is 7.09. The first-order chi connectivity index (χ1) is 7.74. The van der Waals surface area contributed by atoms with Gasteiger partial charge in [-0.1, -0.05) is 0 Å². The van der Waals surface area contributed by atoms with E-state index in [4.69, 9.17) is 4.74 Å². The molecule has 1 N–H and O–H groups in total. The van der Waals surface area contributed by atoms with E-state index in [1.807, 2.05) is 0 Å². The Morgan fingerprint density at radius 3 is 3.00 bits per heavy atom. The van der Waals surface area contributed by atoms with Gasteiger partial charge in [0.15, 0.2) is 0 Å². The van der Waals surface area contributed by atoms with Crippen LogP contribution >= 0.6 is 11.5 Å². The zero-order valence-electron chi connectivity index (χ0n) is 8.66. The zero-order chi connectivity index (χ0) is 11.4. The second-order valence-electron chi connectivity index (χ2n) is 3.65. The first kappa shape index (κ1) is 11.7. The summed E-state index contributed by atoms with van der Waals surface area (Å²) in [4.78, 5) is 4.24. The Bertz CT molecular complexity index is 330. The normalized spacial score (nSPS) is 15.7. The molecule has 0 radical (unpaired) electrons. The molecule has 1 heterocycles. The van der Waals surface area contributed by atoms with E-state index in [9.17, 15) is 8.78 Å². The minimum Gasteiger partial charge on any atom is -0.375 e. The van der Waals surface area contributed by atoms with Gasteiger partial charge < -0.3 is 10.1 Å². The molecule has 0 amide bonds. The van der Waals surface area contributed by atoms with E-state index in [0.717, 1.165) is 5.13 Å². The summed E-state index contributed by atoms with van der Waals surface area (Å²) in [5, 5.41) is 4.04. The summed E-state index contributed by atoms with van der Waals surface area (Å²) >= 11 is 1.31. The van der Waals surface area contributed by atoms with Crippen molar-refractivity contribution in [2.75, 3.05) is 18.5 Å². The number of hydrogen-bond donors (Lipinski definition) is 1. The highest BCUT2D eigenvalue weighted by atomic mass is 32.1. The molecule has 0 spiro atoms. The smallest absolute Gasteiger partial charge is 0.261 e. The molecule has 1 aromatic rings. The Morgan fingerprint density at radius 1 is 1.50 bits per heavy atom. The third-order valence-corrected chi connectivity index (χ3v) is 2.77. The number of aromatic nitrogens is 2. The van der Waals surface area contributed by atoms with Crippen molar-refractivity contribution in [3.05, 3.63) is 5.82 Å². The van der Waals surface area contributed by atoms with E-state index in [1.54, 1.807) is 0 Å². The summed E-state index contributed by atoms with van der Waals surface area (Å²) in [5.74, 6) is 0.655. The van der Waals surface area contributed by atoms with Gasteiger partial charge in [-0.3, -0.25) is 0 Å². The van der Waals surface area contributed by atoms with Crippen LogP contribution in [0.2, 0.25) is 0 Å². The predicted octanol–water partition coefficient (Wildman–Crippen LogP) is 1.94. The summed E-state index contributed by atoms with van der Waals surface area (Å²) < 4.78 is 32.4. The Kier molecular flexibility index (Phi) is 4.00. The highest BCUT2D eigenvalue weighted by Crippen LogP contribution is 2.25. The van der Waals surface area contributed by atoms with Crippen LogP contribution in [0, 0.1) is 0 Å². The van der Waals surface area contributed by atoms with Crippen LogP contribution < -0.4 is 5.32 Å². The molecular weight excluding hydrogens is 236 g/mol. The molecule has 1 aromatic heterocycles. The van der Waals surface area contributed by atoms with Gasteiger partial charge >= 0.3 is 0 Å². The number of nitrogens with zero attached hydrogens (tertiary/aromatic N) is 2. The van der Waals surface area contributed by atoms with Gasteiger partial charge in [-0.15, -0.1) is 0 Å². The monoisotopic (exact) mass is 249 g/mol.